The summed E-state index contributed by atoms with van der Waals surface area (Å²) in [6.45, 7) is 5.50. The Labute approximate surface area is 67.3 Å². The molecule has 5 N–H and O–H groups in total. The molecule has 11 heavy (non-hydrogen) atoms. The first kappa shape index (κ1) is 10.4. The van der Waals surface area contributed by atoms with Gasteiger partial charge in [0.2, 0.25) is 5.91 Å². The minimum Gasteiger partial charge on any atom is -0.368 e. The summed E-state index contributed by atoms with van der Waals surface area (Å²) in [6, 6.07) is -0.561. The van der Waals surface area contributed by atoms with Crippen LogP contribution in [0.2, 0.25) is 0 Å². The molecule has 0 fully saturated rings. The lowest BCUT2D eigenvalue weighted by Crippen LogP contribution is -2.44. The summed E-state index contributed by atoms with van der Waals surface area (Å²) in [5, 5.41) is 3.04. The van der Waals surface area contributed by atoms with Crippen LogP contribution in [0.4, 0.5) is 0 Å². The van der Waals surface area contributed by atoms with Gasteiger partial charge in [-0.3, -0.25) is 4.79 Å². The van der Waals surface area contributed by atoms with Crippen molar-refractivity contribution in [3.05, 3.63) is 0 Å². The number of carbonyl (C=O) groups excluding carboxylic acids is 1. The van der Waals surface area contributed by atoms with Gasteiger partial charge < -0.3 is 16.8 Å². The van der Waals surface area contributed by atoms with Crippen LogP contribution in [-0.2, 0) is 4.79 Å². The highest BCUT2D eigenvalue weighted by Gasteiger charge is 2.07. The first-order valence-electron chi connectivity index (χ1n) is 3.79. The van der Waals surface area contributed by atoms with E-state index in [1.165, 1.54) is 0 Å². The zero-order valence-corrected chi connectivity index (χ0v) is 7.13. The van der Waals surface area contributed by atoms with Crippen molar-refractivity contribution in [1.82, 2.24) is 5.32 Å². The van der Waals surface area contributed by atoms with Crippen molar-refractivity contribution in [2.45, 2.75) is 19.9 Å². The Kier molecular flexibility index (Phi) is 4.81. The van der Waals surface area contributed by atoms with Crippen LogP contribution < -0.4 is 16.8 Å². The molecule has 0 rings (SSSR count). The summed E-state index contributed by atoms with van der Waals surface area (Å²) in [6.07, 6.45) is 0. The van der Waals surface area contributed by atoms with Crippen molar-refractivity contribution in [2.24, 2.45) is 17.4 Å². The van der Waals surface area contributed by atoms with Gasteiger partial charge in [-0.1, -0.05) is 13.8 Å². The van der Waals surface area contributed by atoms with E-state index >= 15 is 0 Å². The van der Waals surface area contributed by atoms with E-state index in [9.17, 15) is 4.79 Å². The Bertz CT molecular complexity index is 125. The van der Waals surface area contributed by atoms with Crippen molar-refractivity contribution < 1.29 is 4.79 Å². The molecule has 0 aromatic carbocycles. The largest absolute Gasteiger partial charge is 0.368 e. The van der Waals surface area contributed by atoms with Gasteiger partial charge in [-0.2, -0.15) is 0 Å². The second-order valence-electron chi connectivity index (χ2n) is 3.06. The van der Waals surface area contributed by atoms with Gasteiger partial charge in [0, 0.05) is 6.54 Å². The molecule has 0 spiro atoms. The number of hydrogen-bond donors (Lipinski definition) is 3. The molecule has 1 atom stereocenters. The number of rotatable bonds is 5. The molecule has 0 saturated heterocycles. The molecule has 4 nitrogen and oxygen atoms in total. The Balaban J connectivity index is 3.31. The molecular weight excluding hydrogens is 142 g/mol. The first-order chi connectivity index (χ1) is 5.04. The zero-order chi connectivity index (χ0) is 8.85. The lowest BCUT2D eigenvalue weighted by molar-refractivity contribution is -0.119. The molecule has 0 aliphatic rings. The van der Waals surface area contributed by atoms with Gasteiger partial charge in [0.1, 0.15) is 0 Å². The molecule has 0 aromatic rings. The van der Waals surface area contributed by atoms with Crippen LogP contribution >= 0.6 is 0 Å². The van der Waals surface area contributed by atoms with Gasteiger partial charge in [-0.25, -0.2) is 0 Å². The fourth-order valence-corrected chi connectivity index (χ4v) is 0.628. The van der Waals surface area contributed by atoms with E-state index < -0.39 is 11.9 Å². The van der Waals surface area contributed by atoms with Crippen LogP contribution in [0.25, 0.3) is 0 Å². The van der Waals surface area contributed by atoms with E-state index in [0.717, 1.165) is 6.54 Å². The van der Waals surface area contributed by atoms with Crippen molar-refractivity contribution in [3.8, 4) is 0 Å². The lowest BCUT2D eigenvalue weighted by atomic mass is 10.2. The highest BCUT2D eigenvalue weighted by atomic mass is 16.1. The van der Waals surface area contributed by atoms with Gasteiger partial charge >= 0.3 is 0 Å². The van der Waals surface area contributed by atoms with Crippen molar-refractivity contribution in [1.29, 1.82) is 0 Å². The van der Waals surface area contributed by atoms with Crippen LogP contribution in [0.5, 0.6) is 0 Å². The van der Waals surface area contributed by atoms with Crippen LogP contribution in [0, 0.1) is 5.92 Å². The second kappa shape index (κ2) is 5.09. The summed E-state index contributed by atoms with van der Waals surface area (Å²) < 4.78 is 0. The van der Waals surface area contributed by atoms with Crippen molar-refractivity contribution in [2.75, 3.05) is 13.1 Å². The minimum atomic E-state index is -0.561. The van der Waals surface area contributed by atoms with Crippen LogP contribution in [0.3, 0.4) is 0 Å². The molecule has 1 amide bonds. The standard InChI is InChI=1S/C7H17N3O/c1-5(2)3-10-4-6(8)7(9)11/h5-6,10H,3-4,8H2,1-2H3,(H2,9,11). The highest BCUT2D eigenvalue weighted by Crippen LogP contribution is 1.86. The Morgan fingerprint density at radius 2 is 2.00 bits per heavy atom. The predicted octanol–water partition coefficient (Wildman–Crippen LogP) is -0.955. The molecular formula is C7H17N3O. The molecule has 0 aliphatic heterocycles. The van der Waals surface area contributed by atoms with Crippen molar-refractivity contribution >= 4 is 5.91 Å². The second-order valence-corrected chi connectivity index (χ2v) is 3.06. The van der Waals surface area contributed by atoms with E-state index in [1.807, 2.05) is 0 Å². The number of primary amides is 1. The third kappa shape index (κ3) is 5.82. The number of hydrogen-bond acceptors (Lipinski definition) is 3. The zero-order valence-electron chi connectivity index (χ0n) is 7.13. The number of nitrogens with two attached hydrogens (primary N) is 2. The average molecular weight is 159 g/mol. The fourth-order valence-electron chi connectivity index (χ4n) is 0.628. The van der Waals surface area contributed by atoms with Gasteiger partial charge in [0.15, 0.2) is 0 Å². The normalized spacial score (nSPS) is 13.5. The monoisotopic (exact) mass is 159 g/mol. The van der Waals surface area contributed by atoms with E-state index in [2.05, 4.69) is 19.2 Å². The SMILES string of the molecule is CC(C)CNCC(N)C(N)=O. The molecule has 0 radical (unpaired) electrons. The quantitative estimate of drug-likeness (QED) is 0.483. The molecule has 4 heteroatoms. The summed E-state index contributed by atoms with van der Waals surface area (Å²) >= 11 is 0. The fraction of sp³-hybridized carbons (Fsp3) is 0.857. The van der Waals surface area contributed by atoms with Gasteiger partial charge in [-0.15, -0.1) is 0 Å². The molecule has 0 heterocycles. The summed E-state index contributed by atoms with van der Waals surface area (Å²) in [7, 11) is 0. The summed E-state index contributed by atoms with van der Waals surface area (Å²) in [5.74, 6) is 0.108. The van der Waals surface area contributed by atoms with Crippen LogP contribution in [-0.4, -0.2) is 25.0 Å². The lowest BCUT2D eigenvalue weighted by Gasteiger charge is -2.10. The molecule has 66 valence electrons. The maximum absolute atomic E-state index is 10.4. The summed E-state index contributed by atoms with van der Waals surface area (Å²) in [5.41, 5.74) is 10.3. The van der Waals surface area contributed by atoms with Crippen molar-refractivity contribution in [3.63, 3.8) is 0 Å². The Morgan fingerprint density at radius 3 is 2.36 bits per heavy atom. The van der Waals surface area contributed by atoms with E-state index in [0.29, 0.717) is 12.5 Å². The topological polar surface area (TPSA) is 81.1 Å². The average Bonchev–Trinajstić information content (AvgIpc) is 1.86. The highest BCUT2D eigenvalue weighted by molar-refractivity contribution is 5.79. The Morgan fingerprint density at radius 1 is 1.45 bits per heavy atom. The minimum absolute atomic E-state index is 0.457. The predicted molar refractivity (Wildman–Crippen MR) is 44.9 cm³/mol. The molecule has 0 aromatic heterocycles. The molecule has 0 bridgehead atoms. The van der Waals surface area contributed by atoms with Gasteiger partial charge in [0.25, 0.3) is 0 Å². The molecule has 1 unspecified atom stereocenters. The third-order valence-electron chi connectivity index (χ3n) is 1.28. The van der Waals surface area contributed by atoms with Crippen LogP contribution in [0.1, 0.15) is 13.8 Å². The van der Waals surface area contributed by atoms with E-state index in [1.54, 1.807) is 0 Å². The van der Waals surface area contributed by atoms with Crippen LogP contribution in [0.15, 0.2) is 0 Å². The third-order valence-corrected chi connectivity index (χ3v) is 1.28. The number of carbonyl (C=O) groups is 1. The van der Waals surface area contributed by atoms with Gasteiger partial charge in [-0.05, 0) is 12.5 Å². The summed E-state index contributed by atoms with van der Waals surface area (Å²) in [4.78, 5) is 10.4. The maximum atomic E-state index is 10.4. The smallest absolute Gasteiger partial charge is 0.235 e. The maximum Gasteiger partial charge on any atom is 0.235 e. The molecule has 0 aliphatic carbocycles. The van der Waals surface area contributed by atoms with E-state index in [4.69, 9.17) is 11.5 Å². The number of amides is 1. The number of nitrogens with one attached hydrogen (secondary N) is 1. The first-order valence-corrected chi connectivity index (χ1v) is 3.79. The molecule has 0 saturated carbocycles. The van der Waals surface area contributed by atoms with E-state index in [-0.39, 0.29) is 0 Å². The Hall–Kier alpha value is -0.610. The van der Waals surface area contributed by atoms with Gasteiger partial charge in [0.05, 0.1) is 6.04 Å².